The van der Waals surface area contributed by atoms with Crippen molar-refractivity contribution < 1.29 is 4.79 Å². The molecule has 0 aliphatic carbocycles. The molecule has 1 N–H and O–H groups in total. The van der Waals surface area contributed by atoms with E-state index in [2.05, 4.69) is 21.8 Å². The minimum absolute atomic E-state index is 0.00283. The van der Waals surface area contributed by atoms with Crippen molar-refractivity contribution in [2.75, 3.05) is 5.32 Å². The number of para-hydroxylation sites is 2. The van der Waals surface area contributed by atoms with Gasteiger partial charge in [0.05, 0.1) is 11.0 Å². The first-order valence-corrected chi connectivity index (χ1v) is 6.51. The van der Waals surface area contributed by atoms with Crippen LogP contribution >= 0.6 is 0 Å². The highest BCUT2D eigenvalue weighted by atomic mass is 16.1. The second-order valence-corrected chi connectivity index (χ2v) is 4.33. The van der Waals surface area contributed by atoms with Crippen LogP contribution < -0.4 is 5.32 Å². The quantitative estimate of drug-likeness (QED) is 0.879. The van der Waals surface area contributed by atoms with Gasteiger partial charge in [-0.15, -0.1) is 0 Å². The van der Waals surface area contributed by atoms with Gasteiger partial charge < -0.3 is 4.57 Å². The lowest BCUT2D eigenvalue weighted by atomic mass is 10.3. The van der Waals surface area contributed by atoms with E-state index in [1.54, 1.807) is 0 Å². The van der Waals surface area contributed by atoms with Crippen molar-refractivity contribution in [2.45, 2.75) is 39.7 Å². The van der Waals surface area contributed by atoms with E-state index < -0.39 is 0 Å². The maximum atomic E-state index is 11.5. The first-order chi connectivity index (χ1) is 8.76. The summed E-state index contributed by atoms with van der Waals surface area (Å²) in [5.41, 5.74) is 2.01. The number of hydrogen-bond acceptors (Lipinski definition) is 2. The summed E-state index contributed by atoms with van der Waals surface area (Å²) in [5, 5.41) is 2.87. The number of hydrogen-bond donors (Lipinski definition) is 1. The number of aryl methyl sites for hydroxylation is 1. The maximum absolute atomic E-state index is 11.5. The van der Waals surface area contributed by atoms with Gasteiger partial charge in [-0.25, -0.2) is 4.98 Å². The summed E-state index contributed by atoms with van der Waals surface area (Å²) >= 11 is 0. The van der Waals surface area contributed by atoms with E-state index in [1.807, 2.05) is 31.2 Å². The van der Waals surface area contributed by atoms with Gasteiger partial charge in [-0.2, -0.15) is 0 Å². The molecule has 0 atom stereocenters. The first kappa shape index (κ1) is 12.6. The van der Waals surface area contributed by atoms with Gasteiger partial charge in [0.15, 0.2) is 0 Å². The lowest BCUT2D eigenvalue weighted by Crippen LogP contribution is -2.14. The Hall–Kier alpha value is -1.84. The van der Waals surface area contributed by atoms with Gasteiger partial charge in [-0.3, -0.25) is 10.1 Å². The molecule has 4 heteroatoms. The van der Waals surface area contributed by atoms with Crippen LogP contribution in [0, 0.1) is 0 Å². The second kappa shape index (κ2) is 5.67. The molecule has 0 fully saturated rings. The minimum Gasteiger partial charge on any atom is -0.310 e. The van der Waals surface area contributed by atoms with E-state index in [9.17, 15) is 4.79 Å². The normalized spacial score (nSPS) is 10.8. The maximum Gasteiger partial charge on any atom is 0.226 e. The van der Waals surface area contributed by atoms with Crippen molar-refractivity contribution in [1.29, 1.82) is 0 Å². The summed E-state index contributed by atoms with van der Waals surface area (Å²) in [6.07, 6.45) is 2.67. The number of benzene rings is 1. The van der Waals surface area contributed by atoms with Gasteiger partial charge in [-0.1, -0.05) is 32.4 Å². The van der Waals surface area contributed by atoms with Crippen LogP contribution in [0.2, 0.25) is 0 Å². The zero-order valence-electron chi connectivity index (χ0n) is 10.9. The molecule has 1 aromatic heterocycles. The van der Waals surface area contributed by atoms with Crippen LogP contribution in [0.3, 0.4) is 0 Å². The van der Waals surface area contributed by atoms with E-state index in [0.29, 0.717) is 12.4 Å². The van der Waals surface area contributed by atoms with E-state index in [0.717, 1.165) is 30.4 Å². The Morgan fingerprint density at radius 3 is 2.83 bits per heavy atom. The highest BCUT2D eigenvalue weighted by Crippen LogP contribution is 2.20. The Kier molecular flexibility index (Phi) is 3.97. The Morgan fingerprint density at radius 1 is 1.33 bits per heavy atom. The molecule has 1 aromatic carbocycles. The Labute approximate surface area is 107 Å². The Balaban J connectivity index is 2.39. The van der Waals surface area contributed by atoms with Crippen LogP contribution in [0.25, 0.3) is 11.0 Å². The summed E-state index contributed by atoms with van der Waals surface area (Å²) in [6, 6.07) is 7.97. The molecular formula is C14H19N3O. The molecule has 2 rings (SSSR count). The van der Waals surface area contributed by atoms with Crippen LogP contribution in [0.4, 0.5) is 5.95 Å². The van der Waals surface area contributed by atoms with Gasteiger partial charge in [-0.05, 0) is 18.6 Å². The average Bonchev–Trinajstić information content (AvgIpc) is 2.73. The number of anilines is 1. The number of aromatic nitrogens is 2. The lowest BCUT2D eigenvalue weighted by molar-refractivity contribution is -0.115. The number of imidazole rings is 1. The van der Waals surface area contributed by atoms with Crippen molar-refractivity contribution >= 4 is 22.9 Å². The van der Waals surface area contributed by atoms with Crippen LogP contribution in [0.1, 0.15) is 33.1 Å². The van der Waals surface area contributed by atoms with Crippen LogP contribution in [0.15, 0.2) is 24.3 Å². The number of carbonyl (C=O) groups excluding carboxylic acids is 1. The SMILES string of the molecule is CCCCn1c(NC(=O)CC)nc2ccccc21. The number of nitrogens with zero attached hydrogens (tertiary/aromatic N) is 2. The van der Waals surface area contributed by atoms with Crippen molar-refractivity contribution in [1.82, 2.24) is 9.55 Å². The molecule has 0 radical (unpaired) electrons. The fourth-order valence-electron chi connectivity index (χ4n) is 1.93. The topological polar surface area (TPSA) is 46.9 Å². The standard InChI is InChI=1S/C14H19N3O/c1-3-5-10-17-12-9-7-6-8-11(12)15-14(17)16-13(18)4-2/h6-9H,3-5,10H2,1-2H3,(H,15,16,18). The molecule has 1 heterocycles. The zero-order chi connectivity index (χ0) is 13.0. The molecule has 0 unspecified atom stereocenters. The fraction of sp³-hybridized carbons (Fsp3) is 0.429. The van der Waals surface area contributed by atoms with Crippen LogP contribution in [0.5, 0.6) is 0 Å². The number of rotatable bonds is 5. The van der Waals surface area contributed by atoms with Gasteiger partial charge >= 0.3 is 0 Å². The largest absolute Gasteiger partial charge is 0.310 e. The predicted octanol–water partition coefficient (Wildman–Crippen LogP) is 3.18. The van der Waals surface area contributed by atoms with Crippen molar-refractivity contribution in [3.63, 3.8) is 0 Å². The fourth-order valence-corrected chi connectivity index (χ4v) is 1.93. The van der Waals surface area contributed by atoms with Crippen LogP contribution in [-0.4, -0.2) is 15.5 Å². The van der Waals surface area contributed by atoms with E-state index in [1.165, 1.54) is 0 Å². The van der Waals surface area contributed by atoms with Crippen molar-refractivity contribution in [3.05, 3.63) is 24.3 Å². The predicted molar refractivity (Wildman–Crippen MR) is 73.6 cm³/mol. The number of carbonyl (C=O) groups is 1. The van der Waals surface area contributed by atoms with Gasteiger partial charge in [0, 0.05) is 13.0 Å². The third-order valence-electron chi connectivity index (χ3n) is 2.96. The number of nitrogens with one attached hydrogen (secondary N) is 1. The molecule has 0 aliphatic rings. The van der Waals surface area contributed by atoms with Crippen molar-refractivity contribution in [3.8, 4) is 0 Å². The van der Waals surface area contributed by atoms with Gasteiger partial charge in [0.2, 0.25) is 11.9 Å². The van der Waals surface area contributed by atoms with Gasteiger partial charge in [0.25, 0.3) is 0 Å². The summed E-state index contributed by atoms with van der Waals surface area (Å²) < 4.78 is 2.09. The number of unbranched alkanes of at least 4 members (excludes halogenated alkanes) is 1. The highest BCUT2D eigenvalue weighted by Gasteiger charge is 2.11. The molecule has 0 aliphatic heterocycles. The smallest absolute Gasteiger partial charge is 0.226 e. The molecule has 0 saturated carbocycles. The second-order valence-electron chi connectivity index (χ2n) is 4.33. The highest BCUT2D eigenvalue weighted by molar-refractivity contribution is 5.91. The molecule has 1 amide bonds. The molecule has 0 bridgehead atoms. The summed E-state index contributed by atoms with van der Waals surface area (Å²) in [4.78, 5) is 16.0. The van der Waals surface area contributed by atoms with E-state index >= 15 is 0 Å². The van der Waals surface area contributed by atoms with Gasteiger partial charge in [0.1, 0.15) is 0 Å². The Bertz CT molecular complexity index is 545. The third kappa shape index (κ3) is 2.53. The monoisotopic (exact) mass is 245 g/mol. The molecule has 4 nitrogen and oxygen atoms in total. The first-order valence-electron chi connectivity index (χ1n) is 6.51. The average molecular weight is 245 g/mol. The lowest BCUT2D eigenvalue weighted by Gasteiger charge is -2.08. The van der Waals surface area contributed by atoms with E-state index in [-0.39, 0.29) is 5.91 Å². The minimum atomic E-state index is 0.00283. The van der Waals surface area contributed by atoms with Crippen LogP contribution in [-0.2, 0) is 11.3 Å². The molecule has 18 heavy (non-hydrogen) atoms. The molecular weight excluding hydrogens is 226 g/mol. The summed E-state index contributed by atoms with van der Waals surface area (Å²) in [5.74, 6) is 0.666. The molecule has 0 saturated heterocycles. The zero-order valence-corrected chi connectivity index (χ0v) is 10.9. The Morgan fingerprint density at radius 2 is 2.11 bits per heavy atom. The molecule has 2 aromatic rings. The van der Waals surface area contributed by atoms with E-state index in [4.69, 9.17) is 0 Å². The number of amides is 1. The summed E-state index contributed by atoms with van der Waals surface area (Å²) in [6.45, 7) is 4.88. The number of fused-ring (bicyclic) bond motifs is 1. The molecule has 96 valence electrons. The molecule has 0 spiro atoms. The summed E-state index contributed by atoms with van der Waals surface area (Å²) in [7, 11) is 0. The third-order valence-corrected chi connectivity index (χ3v) is 2.96. The van der Waals surface area contributed by atoms with Crippen molar-refractivity contribution in [2.24, 2.45) is 0 Å².